The van der Waals surface area contributed by atoms with Gasteiger partial charge in [0.05, 0.1) is 5.54 Å². The second kappa shape index (κ2) is 4.86. The minimum atomic E-state index is 0.0262. The number of hydrogen-bond acceptors (Lipinski definition) is 1. The van der Waals surface area contributed by atoms with E-state index in [0.29, 0.717) is 0 Å². The first kappa shape index (κ1) is 12.3. The molecule has 0 bridgehead atoms. The van der Waals surface area contributed by atoms with E-state index in [-0.39, 0.29) is 5.54 Å². The van der Waals surface area contributed by atoms with Crippen LogP contribution in [0.1, 0.15) is 40.5 Å². The molecule has 0 aromatic carbocycles. The number of likely N-dealkylation sites (N-methyl/N-ethyl adjacent to an activating group) is 1. The third-order valence-corrected chi connectivity index (χ3v) is 2.55. The van der Waals surface area contributed by atoms with Gasteiger partial charge in [-0.2, -0.15) is 0 Å². The van der Waals surface area contributed by atoms with Crippen molar-refractivity contribution in [1.29, 1.82) is 0 Å². The zero-order valence-corrected chi connectivity index (χ0v) is 10.9. The molecule has 1 heterocycles. The maximum Gasteiger partial charge on any atom is 0.196 e. The van der Waals surface area contributed by atoms with Gasteiger partial charge in [0.1, 0.15) is 0 Å². The molecule has 0 aromatic heterocycles. The third kappa shape index (κ3) is 3.73. The Morgan fingerprint density at radius 2 is 1.93 bits per heavy atom. The van der Waals surface area contributed by atoms with E-state index in [0.717, 1.165) is 19.6 Å². The lowest BCUT2D eigenvalue weighted by Gasteiger charge is -2.24. The van der Waals surface area contributed by atoms with Gasteiger partial charge in [-0.1, -0.05) is 13.3 Å². The molecule has 1 saturated heterocycles. The van der Waals surface area contributed by atoms with Gasteiger partial charge in [-0.3, -0.25) is 0 Å². The van der Waals surface area contributed by atoms with Crippen molar-refractivity contribution in [1.82, 2.24) is 9.80 Å². The highest BCUT2D eigenvalue weighted by molar-refractivity contribution is 5.82. The Morgan fingerprint density at radius 1 is 1.27 bits per heavy atom. The minimum Gasteiger partial charge on any atom is -0.344 e. The van der Waals surface area contributed by atoms with E-state index in [1.165, 1.54) is 18.8 Å². The summed E-state index contributed by atoms with van der Waals surface area (Å²) in [4.78, 5) is 9.47. The van der Waals surface area contributed by atoms with Crippen molar-refractivity contribution in [2.75, 3.05) is 26.7 Å². The van der Waals surface area contributed by atoms with E-state index in [1.807, 2.05) is 0 Å². The van der Waals surface area contributed by atoms with Gasteiger partial charge in [0.15, 0.2) is 5.96 Å². The summed E-state index contributed by atoms with van der Waals surface area (Å²) in [6.45, 7) is 12.1. The zero-order chi connectivity index (χ0) is 11.5. The number of unbranched alkanes of at least 4 members (excludes halogenated alkanes) is 1. The molecule has 15 heavy (non-hydrogen) atoms. The summed E-state index contributed by atoms with van der Waals surface area (Å²) >= 11 is 0. The van der Waals surface area contributed by atoms with Gasteiger partial charge in [-0.25, -0.2) is 4.99 Å². The number of hydrogen-bond donors (Lipinski definition) is 0. The Bertz CT molecular complexity index is 228. The lowest BCUT2D eigenvalue weighted by molar-refractivity contribution is 0.437. The quantitative estimate of drug-likeness (QED) is 0.712. The van der Waals surface area contributed by atoms with Crippen LogP contribution in [0.2, 0.25) is 0 Å². The predicted octanol–water partition coefficient (Wildman–Crippen LogP) is 2.19. The Balaban J connectivity index is 2.68. The maximum atomic E-state index is 4.79. The fraction of sp³-hybridized carbons (Fsp3) is 0.917. The highest BCUT2D eigenvalue weighted by Crippen LogP contribution is 2.14. The van der Waals surface area contributed by atoms with Gasteiger partial charge < -0.3 is 9.80 Å². The number of nitrogens with zero attached hydrogens (tertiary/aromatic N) is 3. The maximum absolute atomic E-state index is 4.79. The molecule has 1 aliphatic rings. The van der Waals surface area contributed by atoms with Crippen molar-refractivity contribution in [3.8, 4) is 0 Å². The Kier molecular flexibility index (Phi) is 4.00. The van der Waals surface area contributed by atoms with Gasteiger partial charge in [0, 0.05) is 26.7 Å². The smallest absolute Gasteiger partial charge is 0.196 e. The Hall–Kier alpha value is -0.730. The van der Waals surface area contributed by atoms with Gasteiger partial charge in [0.2, 0.25) is 0 Å². The fourth-order valence-electron chi connectivity index (χ4n) is 1.73. The summed E-state index contributed by atoms with van der Waals surface area (Å²) < 4.78 is 0. The summed E-state index contributed by atoms with van der Waals surface area (Å²) in [6, 6.07) is 0. The van der Waals surface area contributed by atoms with Crippen LogP contribution in [-0.2, 0) is 0 Å². The minimum absolute atomic E-state index is 0.0262. The van der Waals surface area contributed by atoms with E-state index >= 15 is 0 Å². The molecule has 0 atom stereocenters. The molecule has 1 aliphatic heterocycles. The van der Waals surface area contributed by atoms with Gasteiger partial charge in [-0.05, 0) is 27.2 Å². The molecule has 0 amide bonds. The number of rotatable bonds is 3. The summed E-state index contributed by atoms with van der Waals surface area (Å²) in [5, 5.41) is 0. The van der Waals surface area contributed by atoms with Crippen molar-refractivity contribution in [3.05, 3.63) is 0 Å². The molecule has 3 nitrogen and oxygen atoms in total. The second-order valence-electron chi connectivity index (χ2n) is 5.34. The molecule has 0 unspecified atom stereocenters. The van der Waals surface area contributed by atoms with Gasteiger partial charge in [0.25, 0.3) is 0 Å². The molecular weight excluding hydrogens is 186 g/mol. The molecule has 88 valence electrons. The molecule has 1 fully saturated rings. The molecule has 0 radical (unpaired) electrons. The van der Waals surface area contributed by atoms with E-state index in [2.05, 4.69) is 44.5 Å². The van der Waals surface area contributed by atoms with Crippen molar-refractivity contribution >= 4 is 5.96 Å². The first-order valence-corrected chi connectivity index (χ1v) is 6.00. The molecule has 0 N–H and O–H groups in total. The second-order valence-corrected chi connectivity index (χ2v) is 5.34. The lowest BCUT2D eigenvalue weighted by atomic mass is 10.1. The molecule has 0 saturated carbocycles. The summed E-state index contributed by atoms with van der Waals surface area (Å²) in [5.41, 5.74) is 0.0262. The number of aliphatic imine (C=N–C) groups is 1. The molecule has 0 aromatic rings. The van der Waals surface area contributed by atoms with Gasteiger partial charge >= 0.3 is 0 Å². The van der Waals surface area contributed by atoms with E-state index in [4.69, 9.17) is 4.99 Å². The van der Waals surface area contributed by atoms with Crippen molar-refractivity contribution in [2.45, 2.75) is 46.1 Å². The van der Waals surface area contributed by atoms with Crippen LogP contribution in [0.5, 0.6) is 0 Å². The van der Waals surface area contributed by atoms with Crippen LogP contribution in [0.3, 0.4) is 0 Å². The monoisotopic (exact) mass is 211 g/mol. The summed E-state index contributed by atoms with van der Waals surface area (Å²) in [5.74, 6) is 1.18. The molecular formula is C12H25N3. The topological polar surface area (TPSA) is 18.8 Å². The van der Waals surface area contributed by atoms with Crippen molar-refractivity contribution in [3.63, 3.8) is 0 Å². The predicted molar refractivity (Wildman–Crippen MR) is 66.3 cm³/mol. The van der Waals surface area contributed by atoms with Crippen molar-refractivity contribution < 1.29 is 0 Å². The largest absolute Gasteiger partial charge is 0.344 e. The van der Waals surface area contributed by atoms with Crippen LogP contribution in [0.25, 0.3) is 0 Å². The Labute approximate surface area is 94.2 Å². The third-order valence-electron chi connectivity index (χ3n) is 2.55. The van der Waals surface area contributed by atoms with Crippen LogP contribution in [0.4, 0.5) is 0 Å². The van der Waals surface area contributed by atoms with E-state index in [9.17, 15) is 0 Å². The van der Waals surface area contributed by atoms with E-state index in [1.54, 1.807) is 0 Å². The lowest BCUT2D eigenvalue weighted by Crippen LogP contribution is -2.34. The van der Waals surface area contributed by atoms with E-state index < -0.39 is 0 Å². The highest BCUT2D eigenvalue weighted by Gasteiger charge is 2.24. The first-order valence-electron chi connectivity index (χ1n) is 6.00. The normalized spacial score (nSPS) is 20.5. The fourth-order valence-corrected chi connectivity index (χ4v) is 1.73. The van der Waals surface area contributed by atoms with Crippen LogP contribution < -0.4 is 0 Å². The first-order chi connectivity index (χ1) is 6.94. The SMILES string of the molecule is CCCCN1CCN(C)C1=NC(C)(C)C. The van der Waals surface area contributed by atoms with Gasteiger partial charge in [-0.15, -0.1) is 0 Å². The molecule has 3 heteroatoms. The summed E-state index contributed by atoms with van der Waals surface area (Å²) in [6.07, 6.45) is 2.51. The molecule has 1 rings (SSSR count). The molecule has 0 aliphatic carbocycles. The average Bonchev–Trinajstić information content (AvgIpc) is 2.43. The van der Waals surface area contributed by atoms with Crippen LogP contribution in [-0.4, -0.2) is 48.0 Å². The average molecular weight is 211 g/mol. The summed E-state index contributed by atoms with van der Waals surface area (Å²) in [7, 11) is 2.14. The van der Waals surface area contributed by atoms with Crippen LogP contribution >= 0.6 is 0 Å². The highest BCUT2D eigenvalue weighted by atomic mass is 15.4. The standard InChI is InChI=1S/C12H25N3/c1-6-7-8-15-10-9-14(5)11(15)13-12(2,3)4/h6-10H2,1-5H3. The molecule has 0 spiro atoms. The van der Waals surface area contributed by atoms with Crippen molar-refractivity contribution in [2.24, 2.45) is 4.99 Å². The van der Waals surface area contributed by atoms with Crippen LogP contribution in [0.15, 0.2) is 4.99 Å². The number of guanidine groups is 1. The van der Waals surface area contributed by atoms with Crippen LogP contribution in [0, 0.1) is 0 Å². The Morgan fingerprint density at radius 3 is 2.47 bits per heavy atom. The zero-order valence-electron chi connectivity index (χ0n) is 10.9.